The van der Waals surface area contributed by atoms with E-state index in [2.05, 4.69) is 23.6 Å². The first kappa shape index (κ1) is 13.5. The lowest BCUT2D eigenvalue weighted by atomic mass is 10.0. The molecule has 1 heterocycles. The molecule has 1 fully saturated rings. The molecule has 1 rings (SSSR count). The molecule has 16 heavy (non-hydrogen) atoms. The lowest BCUT2D eigenvalue weighted by molar-refractivity contribution is -0.146. The minimum absolute atomic E-state index is 0.165. The van der Waals surface area contributed by atoms with Crippen molar-refractivity contribution < 1.29 is 9.90 Å². The van der Waals surface area contributed by atoms with E-state index in [1.54, 1.807) is 0 Å². The molecule has 1 aliphatic heterocycles. The summed E-state index contributed by atoms with van der Waals surface area (Å²) in [7, 11) is 0. The van der Waals surface area contributed by atoms with E-state index in [0.29, 0.717) is 6.04 Å². The van der Waals surface area contributed by atoms with Crippen LogP contribution in [-0.4, -0.2) is 59.1 Å². The molecule has 0 spiro atoms. The van der Waals surface area contributed by atoms with Crippen LogP contribution < -0.4 is 0 Å². The second-order valence-electron chi connectivity index (χ2n) is 5.00. The number of nitrogens with zero attached hydrogens (tertiary/aromatic N) is 2. The zero-order valence-electron chi connectivity index (χ0n) is 10.8. The highest BCUT2D eigenvalue weighted by atomic mass is 16.4. The van der Waals surface area contributed by atoms with Gasteiger partial charge in [-0.1, -0.05) is 20.8 Å². The SMILES string of the molecule is CCN1CCN(C(C(=O)O)C(C)C)CC1C. The highest BCUT2D eigenvalue weighted by molar-refractivity contribution is 5.73. The van der Waals surface area contributed by atoms with Gasteiger partial charge in [-0.3, -0.25) is 14.6 Å². The summed E-state index contributed by atoms with van der Waals surface area (Å²) < 4.78 is 0. The van der Waals surface area contributed by atoms with Crippen LogP contribution in [0.2, 0.25) is 0 Å². The second kappa shape index (κ2) is 5.64. The summed E-state index contributed by atoms with van der Waals surface area (Å²) in [4.78, 5) is 15.8. The second-order valence-corrected chi connectivity index (χ2v) is 5.00. The summed E-state index contributed by atoms with van der Waals surface area (Å²) in [5.41, 5.74) is 0. The summed E-state index contributed by atoms with van der Waals surface area (Å²) in [6.07, 6.45) is 0. The van der Waals surface area contributed by atoms with E-state index >= 15 is 0 Å². The summed E-state index contributed by atoms with van der Waals surface area (Å²) in [5.74, 6) is -0.523. The van der Waals surface area contributed by atoms with Gasteiger partial charge in [-0.15, -0.1) is 0 Å². The van der Waals surface area contributed by atoms with Gasteiger partial charge >= 0.3 is 5.97 Å². The number of hydrogen-bond acceptors (Lipinski definition) is 3. The zero-order valence-corrected chi connectivity index (χ0v) is 10.8. The Morgan fingerprint density at radius 2 is 2.06 bits per heavy atom. The molecule has 2 unspecified atom stereocenters. The van der Waals surface area contributed by atoms with Crippen molar-refractivity contribution in [1.82, 2.24) is 9.80 Å². The first-order chi connectivity index (χ1) is 7.47. The molecule has 0 aromatic heterocycles. The number of carbonyl (C=O) groups is 1. The van der Waals surface area contributed by atoms with Crippen LogP contribution in [0, 0.1) is 5.92 Å². The molecule has 1 aliphatic rings. The van der Waals surface area contributed by atoms with Gasteiger partial charge < -0.3 is 5.11 Å². The first-order valence-electron chi connectivity index (χ1n) is 6.18. The van der Waals surface area contributed by atoms with Crippen molar-refractivity contribution >= 4 is 5.97 Å². The molecule has 0 radical (unpaired) electrons. The molecule has 1 saturated heterocycles. The molecular formula is C12H24N2O2. The Labute approximate surface area is 98.2 Å². The number of carboxylic acid groups (broad SMARTS) is 1. The fourth-order valence-electron chi connectivity index (χ4n) is 2.61. The third-order valence-electron chi connectivity index (χ3n) is 3.48. The highest BCUT2D eigenvalue weighted by Gasteiger charge is 2.33. The van der Waals surface area contributed by atoms with Crippen LogP contribution in [0.3, 0.4) is 0 Å². The summed E-state index contributed by atoms with van der Waals surface area (Å²) in [6, 6.07) is 0.126. The third-order valence-corrected chi connectivity index (χ3v) is 3.48. The Bertz CT molecular complexity index is 243. The van der Waals surface area contributed by atoms with Crippen molar-refractivity contribution in [3.63, 3.8) is 0 Å². The first-order valence-corrected chi connectivity index (χ1v) is 6.18. The van der Waals surface area contributed by atoms with Gasteiger partial charge in [0, 0.05) is 25.7 Å². The number of likely N-dealkylation sites (N-methyl/N-ethyl adjacent to an activating group) is 1. The van der Waals surface area contributed by atoms with E-state index in [-0.39, 0.29) is 12.0 Å². The van der Waals surface area contributed by atoms with Gasteiger partial charge in [-0.25, -0.2) is 0 Å². The Morgan fingerprint density at radius 3 is 2.44 bits per heavy atom. The fraction of sp³-hybridized carbons (Fsp3) is 0.917. The molecule has 4 heteroatoms. The van der Waals surface area contributed by atoms with E-state index in [9.17, 15) is 9.90 Å². The molecule has 0 amide bonds. The minimum atomic E-state index is -0.688. The fourth-order valence-corrected chi connectivity index (χ4v) is 2.61. The maximum Gasteiger partial charge on any atom is 0.321 e. The molecule has 94 valence electrons. The molecule has 4 nitrogen and oxygen atoms in total. The molecular weight excluding hydrogens is 204 g/mol. The van der Waals surface area contributed by atoms with Crippen molar-refractivity contribution in [2.45, 2.75) is 39.8 Å². The molecule has 0 aromatic carbocycles. The molecule has 0 saturated carbocycles. The van der Waals surface area contributed by atoms with Crippen LogP contribution in [0.15, 0.2) is 0 Å². The van der Waals surface area contributed by atoms with E-state index in [1.807, 2.05) is 13.8 Å². The predicted molar refractivity (Wildman–Crippen MR) is 64.5 cm³/mol. The number of carboxylic acids is 1. The van der Waals surface area contributed by atoms with Crippen molar-refractivity contribution in [2.24, 2.45) is 5.92 Å². The maximum atomic E-state index is 11.2. The normalized spacial score (nSPS) is 25.9. The van der Waals surface area contributed by atoms with Crippen molar-refractivity contribution in [2.75, 3.05) is 26.2 Å². The minimum Gasteiger partial charge on any atom is -0.480 e. The van der Waals surface area contributed by atoms with E-state index in [4.69, 9.17) is 0 Å². The zero-order chi connectivity index (χ0) is 12.3. The molecule has 2 atom stereocenters. The van der Waals surface area contributed by atoms with Crippen LogP contribution in [-0.2, 0) is 4.79 Å². The van der Waals surface area contributed by atoms with E-state index in [1.165, 1.54) is 0 Å². The third kappa shape index (κ3) is 2.95. The Kier molecular flexibility index (Phi) is 4.74. The Balaban J connectivity index is 2.64. The van der Waals surface area contributed by atoms with Crippen LogP contribution in [0.4, 0.5) is 0 Å². The molecule has 0 aromatic rings. The largest absolute Gasteiger partial charge is 0.480 e. The number of rotatable bonds is 4. The Hall–Kier alpha value is -0.610. The average molecular weight is 228 g/mol. The lowest BCUT2D eigenvalue weighted by Crippen LogP contribution is -2.57. The summed E-state index contributed by atoms with van der Waals surface area (Å²) in [6.45, 7) is 12.1. The summed E-state index contributed by atoms with van der Waals surface area (Å²) >= 11 is 0. The van der Waals surface area contributed by atoms with Crippen LogP contribution in [0.5, 0.6) is 0 Å². The van der Waals surface area contributed by atoms with Gasteiger partial charge in [0.25, 0.3) is 0 Å². The van der Waals surface area contributed by atoms with Crippen molar-refractivity contribution in [1.29, 1.82) is 0 Å². The molecule has 0 aliphatic carbocycles. The van der Waals surface area contributed by atoms with Gasteiger partial charge in [-0.2, -0.15) is 0 Å². The average Bonchev–Trinajstić information content (AvgIpc) is 2.16. The summed E-state index contributed by atoms with van der Waals surface area (Å²) in [5, 5.41) is 9.25. The van der Waals surface area contributed by atoms with Crippen LogP contribution >= 0.6 is 0 Å². The van der Waals surface area contributed by atoms with Gasteiger partial charge in [0.2, 0.25) is 0 Å². The number of piperazine rings is 1. The van der Waals surface area contributed by atoms with Crippen molar-refractivity contribution in [3.8, 4) is 0 Å². The van der Waals surface area contributed by atoms with Gasteiger partial charge in [0.1, 0.15) is 6.04 Å². The van der Waals surface area contributed by atoms with Crippen LogP contribution in [0.25, 0.3) is 0 Å². The van der Waals surface area contributed by atoms with Crippen molar-refractivity contribution in [3.05, 3.63) is 0 Å². The van der Waals surface area contributed by atoms with Gasteiger partial charge in [0.05, 0.1) is 0 Å². The predicted octanol–water partition coefficient (Wildman–Crippen LogP) is 1.12. The standard InChI is InChI=1S/C12H24N2O2/c1-5-13-6-7-14(8-10(13)4)11(9(2)3)12(15)16/h9-11H,5-8H2,1-4H3,(H,15,16). The molecule has 0 bridgehead atoms. The van der Waals surface area contributed by atoms with Crippen LogP contribution in [0.1, 0.15) is 27.7 Å². The monoisotopic (exact) mass is 228 g/mol. The topological polar surface area (TPSA) is 43.8 Å². The Morgan fingerprint density at radius 1 is 1.44 bits per heavy atom. The number of aliphatic carboxylic acids is 1. The maximum absolute atomic E-state index is 11.2. The lowest BCUT2D eigenvalue weighted by Gasteiger charge is -2.42. The highest BCUT2D eigenvalue weighted by Crippen LogP contribution is 2.17. The smallest absolute Gasteiger partial charge is 0.321 e. The quantitative estimate of drug-likeness (QED) is 0.783. The molecule has 1 N–H and O–H groups in total. The number of hydrogen-bond donors (Lipinski definition) is 1. The van der Waals surface area contributed by atoms with E-state index in [0.717, 1.165) is 26.2 Å². The van der Waals surface area contributed by atoms with Gasteiger partial charge in [-0.05, 0) is 19.4 Å². The van der Waals surface area contributed by atoms with Gasteiger partial charge in [0.15, 0.2) is 0 Å². The van der Waals surface area contributed by atoms with E-state index < -0.39 is 5.97 Å².